The zero-order valence-corrected chi connectivity index (χ0v) is 14.6. The van der Waals surface area contributed by atoms with Gasteiger partial charge in [0.2, 0.25) is 0 Å². The number of nitrogens with two attached hydrogens (primary N) is 2. The van der Waals surface area contributed by atoms with E-state index in [0.717, 1.165) is 39.6 Å². The number of likely N-dealkylation sites (N-methyl/N-ethyl adjacent to an activating group) is 1. The lowest BCUT2D eigenvalue weighted by Gasteiger charge is -2.14. The molecule has 1 aliphatic carbocycles. The lowest BCUT2D eigenvalue weighted by atomic mass is 10.2. The summed E-state index contributed by atoms with van der Waals surface area (Å²) in [5.41, 5.74) is 15.0. The molecule has 8 heteroatoms. The zero-order valence-electron chi connectivity index (χ0n) is 13.8. The third kappa shape index (κ3) is 2.29. The third-order valence-corrected chi connectivity index (χ3v) is 6.49. The molecule has 3 atom stereocenters. The molecule has 4 heterocycles. The molecule has 1 saturated heterocycles. The number of nitrogens with one attached hydrogen (secondary N) is 1. The van der Waals surface area contributed by atoms with Crippen LogP contribution in [0.4, 0.5) is 11.5 Å². The number of rotatable bonds is 3. The van der Waals surface area contributed by atoms with Crippen molar-refractivity contribution < 1.29 is 0 Å². The number of hydrogen-bond acceptors (Lipinski definition) is 7. The number of pyridine rings is 1. The van der Waals surface area contributed by atoms with Gasteiger partial charge < -0.3 is 16.4 Å². The second-order valence-corrected chi connectivity index (χ2v) is 8.13. The SMILES string of the molecule is CN1CC2C(C=Nc3cc(N)nc4cc(-c5ccn[nH]5)sc34)C2(N)C1. The van der Waals surface area contributed by atoms with Crippen LogP contribution in [0.5, 0.6) is 0 Å². The van der Waals surface area contributed by atoms with E-state index in [2.05, 4.69) is 27.1 Å². The molecule has 1 aliphatic heterocycles. The van der Waals surface area contributed by atoms with Crippen molar-refractivity contribution in [2.75, 3.05) is 25.9 Å². The summed E-state index contributed by atoms with van der Waals surface area (Å²) in [5, 5.41) is 7.00. The number of aliphatic imine (C=N–C) groups is 1. The lowest BCUT2D eigenvalue weighted by molar-refractivity contribution is 0.352. The number of hydrogen-bond donors (Lipinski definition) is 3. The molecule has 3 aromatic rings. The molecule has 0 radical (unpaired) electrons. The maximum Gasteiger partial charge on any atom is 0.126 e. The van der Waals surface area contributed by atoms with Gasteiger partial charge in [-0.1, -0.05) is 0 Å². The van der Waals surface area contributed by atoms with Gasteiger partial charge in [0.15, 0.2) is 0 Å². The first-order chi connectivity index (χ1) is 12.0. The summed E-state index contributed by atoms with van der Waals surface area (Å²) in [7, 11) is 2.12. The van der Waals surface area contributed by atoms with Crippen molar-refractivity contribution in [2.45, 2.75) is 5.54 Å². The largest absolute Gasteiger partial charge is 0.384 e. The lowest BCUT2D eigenvalue weighted by Crippen LogP contribution is -2.34. The van der Waals surface area contributed by atoms with E-state index in [-0.39, 0.29) is 5.54 Å². The minimum atomic E-state index is -0.105. The Hall–Kier alpha value is -2.29. The van der Waals surface area contributed by atoms with Crippen LogP contribution in [0, 0.1) is 11.8 Å². The minimum Gasteiger partial charge on any atom is -0.384 e. The molecule has 3 aromatic heterocycles. The van der Waals surface area contributed by atoms with E-state index >= 15 is 0 Å². The van der Waals surface area contributed by atoms with Gasteiger partial charge in [-0.05, 0) is 19.2 Å². The maximum absolute atomic E-state index is 6.48. The Morgan fingerprint density at radius 3 is 3.08 bits per heavy atom. The number of nitrogen functional groups attached to an aromatic ring is 1. The molecule has 25 heavy (non-hydrogen) atoms. The predicted octanol–water partition coefficient (Wildman–Crippen LogP) is 1.86. The number of thiophene rings is 1. The topological polar surface area (TPSA) is 109 Å². The Kier molecular flexibility index (Phi) is 3.06. The Labute approximate surface area is 148 Å². The molecule has 128 valence electrons. The van der Waals surface area contributed by atoms with E-state index in [1.165, 1.54) is 0 Å². The second-order valence-electron chi connectivity index (χ2n) is 7.08. The van der Waals surface area contributed by atoms with E-state index < -0.39 is 0 Å². The van der Waals surface area contributed by atoms with Gasteiger partial charge in [0.05, 0.1) is 26.5 Å². The highest BCUT2D eigenvalue weighted by molar-refractivity contribution is 7.22. The molecule has 7 nitrogen and oxygen atoms in total. The summed E-state index contributed by atoms with van der Waals surface area (Å²) in [6.07, 6.45) is 3.76. The molecule has 2 aliphatic rings. The number of piperidine rings is 1. The number of aromatic nitrogens is 3. The molecule has 3 unspecified atom stereocenters. The van der Waals surface area contributed by atoms with Crippen LogP contribution in [-0.4, -0.2) is 52.0 Å². The van der Waals surface area contributed by atoms with Crippen LogP contribution in [0.15, 0.2) is 29.4 Å². The van der Waals surface area contributed by atoms with Crippen LogP contribution in [-0.2, 0) is 0 Å². The van der Waals surface area contributed by atoms with Gasteiger partial charge in [-0.2, -0.15) is 5.10 Å². The van der Waals surface area contributed by atoms with Crippen molar-refractivity contribution in [1.82, 2.24) is 20.1 Å². The van der Waals surface area contributed by atoms with Crippen LogP contribution < -0.4 is 11.5 Å². The van der Waals surface area contributed by atoms with Crippen molar-refractivity contribution >= 4 is 39.3 Å². The third-order valence-electron chi connectivity index (χ3n) is 5.31. The van der Waals surface area contributed by atoms with Gasteiger partial charge in [-0.3, -0.25) is 10.1 Å². The highest BCUT2D eigenvalue weighted by Crippen LogP contribution is 2.52. The standard InChI is InChI=1S/C17H19N7S/c1-24-7-10-9(17(10,19)8-24)6-20-12-5-15(18)22-13-4-14(25-16(12)13)11-2-3-21-23-11/h2-6,9-10H,7-8,19H2,1H3,(H2,18,22)(H,21,23). The van der Waals surface area contributed by atoms with Gasteiger partial charge in [-0.15, -0.1) is 11.3 Å². The second kappa shape index (κ2) is 5.10. The fourth-order valence-corrected chi connectivity index (χ4v) is 5.04. The molecule has 2 fully saturated rings. The number of likely N-dealkylation sites (tertiary alicyclic amines) is 1. The van der Waals surface area contributed by atoms with Gasteiger partial charge in [0, 0.05) is 48.9 Å². The van der Waals surface area contributed by atoms with E-state index in [0.29, 0.717) is 17.7 Å². The fraction of sp³-hybridized carbons (Fsp3) is 0.353. The molecule has 5 rings (SSSR count). The van der Waals surface area contributed by atoms with Crippen LogP contribution in [0.1, 0.15) is 0 Å². The van der Waals surface area contributed by atoms with Gasteiger partial charge in [0.1, 0.15) is 5.82 Å². The summed E-state index contributed by atoms with van der Waals surface area (Å²) < 4.78 is 1.03. The number of fused-ring (bicyclic) bond motifs is 2. The summed E-state index contributed by atoms with van der Waals surface area (Å²) in [5.74, 6) is 1.34. The number of nitrogens with zero attached hydrogens (tertiary/aromatic N) is 4. The van der Waals surface area contributed by atoms with E-state index in [9.17, 15) is 0 Å². The summed E-state index contributed by atoms with van der Waals surface area (Å²) in [6, 6.07) is 5.80. The van der Waals surface area contributed by atoms with Crippen LogP contribution in [0.3, 0.4) is 0 Å². The van der Waals surface area contributed by atoms with Gasteiger partial charge >= 0.3 is 0 Å². The first-order valence-corrected chi connectivity index (χ1v) is 9.08. The maximum atomic E-state index is 6.48. The summed E-state index contributed by atoms with van der Waals surface area (Å²) in [4.78, 5) is 12.5. The number of H-pyrrole nitrogens is 1. The average molecular weight is 353 g/mol. The number of aromatic amines is 1. The first kappa shape index (κ1) is 15.0. The monoisotopic (exact) mass is 353 g/mol. The summed E-state index contributed by atoms with van der Waals surface area (Å²) >= 11 is 1.64. The van der Waals surface area contributed by atoms with Crippen molar-refractivity contribution in [3.8, 4) is 10.6 Å². The van der Waals surface area contributed by atoms with Crippen molar-refractivity contribution in [3.05, 3.63) is 24.4 Å². The molecule has 5 N–H and O–H groups in total. The Morgan fingerprint density at radius 1 is 1.48 bits per heavy atom. The minimum absolute atomic E-state index is 0.105. The molecule has 0 amide bonds. The average Bonchev–Trinajstić information content (AvgIpc) is 3.08. The Bertz CT molecular complexity index is 976. The quantitative estimate of drug-likeness (QED) is 0.623. The molecule has 0 spiro atoms. The Balaban J connectivity index is 1.50. The highest BCUT2D eigenvalue weighted by atomic mass is 32.1. The van der Waals surface area contributed by atoms with Crippen molar-refractivity contribution in [3.63, 3.8) is 0 Å². The van der Waals surface area contributed by atoms with Crippen molar-refractivity contribution in [1.29, 1.82) is 0 Å². The molecular formula is C17H19N7S. The molecular weight excluding hydrogens is 334 g/mol. The van der Waals surface area contributed by atoms with Crippen LogP contribution in [0.25, 0.3) is 20.8 Å². The van der Waals surface area contributed by atoms with Crippen LogP contribution >= 0.6 is 11.3 Å². The molecule has 0 bridgehead atoms. The van der Waals surface area contributed by atoms with E-state index in [1.54, 1.807) is 17.5 Å². The first-order valence-electron chi connectivity index (χ1n) is 8.26. The molecule has 1 saturated carbocycles. The van der Waals surface area contributed by atoms with Crippen LogP contribution in [0.2, 0.25) is 0 Å². The van der Waals surface area contributed by atoms with Crippen molar-refractivity contribution in [2.24, 2.45) is 22.6 Å². The van der Waals surface area contributed by atoms with E-state index in [1.807, 2.05) is 24.4 Å². The molecule has 0 aromatic carbocycles. The fourth-order valence-electron chi connectivity index (χ4n) is 4.00. The smallest absolute Gasteiger partial charge is 0.126 e. The van der Waals surface area contributed by atoms with Gasteiger partial charge in [-0.25, -0.2) is 4.98 Å². The zero-order chi connectivity index (χ0) is 17.2. The predicted molar refractivity (Wildman–Crippen MR) is 101 cm³/mol. The number of anilines is 1. The summed E-state index contributed by atoms with van der Waals surface area (Å²) in [6.45, 7) is 1.98. The van der Waals surface area contributed by atoms with Gasteiger partial charge in [0.25, 0.3) is 0 Å². The highest BCUT2D eigenvalue weighted by Gasteiger charge is 2.65. The normalized spacial score (nSPS) is 28.9. The Morgan fingerprint density at radius 2 is 2.36 bits per heavy atom. The van der Waals surface area contributed by atoms with E-state index in [4.69, 9.17) is 16.5 Å².